The van der Waals surface area contributed by atoms with Crippen LogP contribution in [-0.2, 0) is 6.42 Å². The fraction of sp³-hybridized carbons (Fsp3) is 0.588. The second-order valence-corrected chi connectivity index (χ2v) is 5.43. The Morgan fingerprint density at radius 3 is 3.09 bits per heavy atom. The molecule has 0 amide bonds. The van der Waals surface area contributed by atoms with Crippen LogP contribution in [0.3, 0.4) is 0 Å². The molecule has 1 aliphatic rings. The fourth-order valence-corrected chi connectivity index (χ4v) is 2.78. The average molecular weight is 430 g/mol. The second-order valence-electron chi connectivity index (χ2n) is 5.43. The number of hydrogen-bond donors (Lipinski definition) is 2. The van der Waals surface area contributed by atoms with Crippen LogP contribution in [0.4, 0.5) is 0 Å². The lowest BCUT2D eigenvalue weighted by atomic mass is 10.2. The molecule has 1 atom stereocenters. The van der Waals surface area contributed by atoms with Crippen LogP contribution >= 0.6 is 24.0 Å². The van der Waals surface area contributed by atoms with Gasteiger partial charge in [0.2, 0.25) is 0 Å². The Bertz CT molecular complexity index is 495. The van der Waals surface area contributed by atoms with Crippen LogP contribution in [0.5, 0.6) is 0 Å². The van der Waals surface area contributed by atoms with E-state index < -0.39 is 0 Å². The lowest BCUT2D eigenvalue weighted by Crippen LogP contribution is -2.40. The third kappa shape index (κ3) is 6.83. The molecule has 1 saturated heterocycles. The lowest BCUT2D eigenvalue weighted by molar-refractivity contribution is 0.273. The van der Waals surface area contributed by atoms with Gasteiger partial charge in [-0.05, 0) is 38.1 Å². The summed E-state index contributed by atoms with van der Waals surface area (Å²) in [6.45, 7) is 6.56. The molecule has 0 spiro atoms. The first-order valence-electron chi connectivity index (χ1n) is 8.05. The summed E-state index contributed by atoms with van der Waals surface area (Å²) in [6, 6.07) is 4.44. The van der Waals surface area contributed by atoms with Crippen molar-refractivity contribution in [2.75, 3.05) is 32.7 Å². The van der Waals surface area contributed by atoms with Gasteiger partial charge in [-0.1, -0.05) is 12.8 Å². The van der Waals surface area contributed by atoms with E-state index in [-0.39, 0.29) is 24.0 Å². The summed E-state index contributed by atoms with van der Waals surface area (Å²) in [7, 11) is 0. The van der Waals surface area contributed by atoms with E-state index in [1.165, 1.54) is 19.4 Å². The zero-order valence-corrected chi connectivity index (χ0v) is 16.1. The summed E-state index contributed by atoms with van der Waals surface area (Å²) in [6.07, 6.45) is 10.3. The van der Waals surface area contributed by atoms with E-state index in [4.69, 9.17) is 10.8 Å². The Balaban J connectivity index is 0.00000264. The highest BCUT2D eigenvalue weighted by Crippen LogP contribution is 2.16. The first-order valence-corrected chi connectivity index (χ1v) is 8.05. The van der Waals surface area contributed by atoms with Gasteiger partial charge in [-0.25, -0.2) is 0 Å². The highest BCUT2D eigenvalue weighted by molar-refractivity contribution is 14.0. The summed E-state index contributed by atoms with van der Waals surface area (Å²) in [4.78, 5) is 7.18. The molecule has 2 heterocycles. The third-order valence-corrected chi connectivity index (χ3v) is 3.97. The Labute approximate surface area is 156 Å². The highest BCUT2D eigenvalue weighted by atomic mass is 127. The van der Waals surface area contributed by atoms with E-state index in [1.807, 2.05) is 12.1 Å². The largest absolute Gasteiger partial charge is 0.469 e. The molecule has 0 aliphatic carbocycles. The van der Waals surface area contributed by atoms with E-state index in [9.17, 15) is 0 Å². The van der Waals surface area contributed by atoms with Crippen molar-refractivity contribution < 1.29 is 4.42 Å². The van der Waals surface area contributed by atoms with Crippen molar-refractivity contribution in [1.29, 1.82) is 0 Å². The van der Waals surface area contributed by atoms with E-state index >= 15 is 0 Å². The van der Waals surface area contributed by atoms with Crippen molar-refractivity contribution >= 4 is 29.9 Å². The van der Waals surface area contributed by atoms with Gasteiger partial charge >= 0.3 is 0 Å². The van der Waals surface area contributed by atoms with Gasteiger partial charge in [0.25, 0.3) is 0 Å². The van der Waals surface area contributed by atoms with Gasteiger partial charge in [-0.15, -0.1) is 30.4 Å². The molecule has 0 radical (unpaired) electrons. The van der Waals surface area contributed by atoms with Crippen molar-refractivity contribution in [2.24, 2.45) is 4.99 Å². The number of aliphatic imine (C=N–C) groups is 1. The number of nitrogens with zero attached hydrogens (tertiary/aromatic N) is 2. The molecular weight excluding hydrogens is 403 g/mol. The monoisotopic (exact) mass is 430 g/mol. The van der Waals surface area contributed by atoms with Gasteiger partial charge < -0.3 is 15.1 Å². The number of hydrogen-bond acceptors (Lipinski definition) is 3. The number of likely N-dealkylation sites (tertiary alicyclic amines) is 1. The molecule has 0 aromatic carbocycles. The topological polar surface area (TPSA) is 52.8 Å². The maximum absolute atomic E-state index is 5.33. The van der Waals surface area contributed by atoms with Crippen LogP contribution < -0.4 is 10.6 Å². The van der Waals surface area contributed by atoms with Crippen molar-refractivity contribution in [2.45, 2.75) is 32.2 Å². The van der Waals surface area contributed by atoms with E-state index in [0.717, 1.165) is 37.8 Å². The first kappa shape index (κ1) is 19.8. The normalized spacial score (nSPS) is 18.3. The minimum atomic E-state index is 0. The van der Waals surface area contributed by atoms with Gasteiger partial charge in [-0.3, -0.25) is 9.89 Å². The lowest BCUT2D eigenvalue weighted by Gasteiger charge is -2.21. The van der Waals surface area contributed by atoms with E-state index in [2.05, 4.69) is 33.4 Å². The fourth-order valence-electron chi connectivity index (χ4n) is 2.78. The zero-order valence-electron chi connectivity index (χ0n) is 13.8. The molecule has 23 heavy (non-hydrogen) atoms. The molecule has 5 nitrogen and oxygen atoms in total. The van der Waals surface area contributed by atoms with Gasteiger partial charge in [0.1, 0.15) is 5.76 Å². The molecular formula is C17H27IN4O. The molecule has 0 bridgehead atoms. The second kappa shape index (κ2) is 11.4. The minimum Gasteiger partial charge on any atom is -0.469 e. The molecule has 2 rings (SSSR count). The van der Waals surface area contributed by atoms with Crippen molar-refractivity contribution in [3.63, 3.8) is 0 Å². The van der Waals surface area contributed by atoms with Crippen LogP contribution in [0.2, 0.25) is 0 Å². The van der Waals surface area contributed by atoms with Crippen molar-refractivity contribution in [3.05, 3.63) is 24.2 Å². The Morgan fingerprint density at radius 2 is 2.39 bits per heavy atom. The van der Waals surface area contributed by atoms with Crippen LogP contribution in [-0.4, -0.2) is 49.6 Å². The number of guanidine groups is 1. The summed E-state index contributed by atoms with van der Waals surface area (Å²) in [5, 5.41) is 6.47. The predicted molar refractivity (Wildman–Crippen MR) is 105 cm³/mol. The number of likely N-dealkylation sites (N-methyl/N-ethyl adjacent to an activating group) is 1. The van der Waals surface area contributed by atoms with Crippen LogP contribution in [0.25, 0.3) is 0 Å². The van der Waals surface area contributed by atoms with Crippen molar-refractivity contribution in [1.82, 2.24) is 15.5 Å². The zero-order chi connectivity index (χ0) is 15.6. The van der Waals surface area contributed by atoms with Crippen LogP contribution in [0, 0.1) is 12.3 Å². The summed E-state index contributed by atoms with van der Waals surface area (Å²) < 4.78 is 5.33. The molecule has 1 fully saturated rings. The van der Waals surface area contributed by atoms with Crippen LogP contribution in [0.15, 0.2) is 27.8 Å². The number of terminal acetylenes is 1. The maximum Gasteiger partial charge on any atom is 0.192 e. The Morgan fingerprint density at radius 1 is 1.52 bits per heavy atom. The summed E-state index contributed by atoms with van der Waals surface area (Å²) >= 11 is 0. The molecule has 0 saturated carbocycles. The smallest absolute Gasteiger partial charge is 0.192 e. The number of furan rings is 1. The van der Waals surface area contributed by atoms with Gasteiger partial charge in [-0.2, -0.15) is 0 Å². The van der Waals surface area contributed by atoms with E-state index in [0.29, 0.717) is 12.6 Å². The minimum absolute atomic E-state index is 0. The molecule has 128 valence electrons. The highest BCUT2D eigenvalue weighted by Gasteiger charge is 2.22. The van der Waals surface area contributed by atoms with Crippen LogP contribution in [0.1, 0.15) is 25.5 Å². The maximum atomic E-state index is 5.33. The third-order valence-electron chi connectivity index (χ3n) is 3.97. The molecule has 1 aliphatic heterocycles. The summed E-state index contributed by atoms with van der Waals surface area (Å²) in [5.74, 6) is 4.34. The molecule has 2 N–H and O–H groups in total. The first-order chi connectivity index (χ1) is 10.8. The Hall–Kier alpha value is -1.20. The number of rotatable bonds is 7. The van der Waals surface area contributed by atoms with E-state index in [1.54, 1.807) is 6.26 Å². The number of nitrogens with one attached hydrogen (secondary N) is 2. The molecule has 1 aromatic rings. The quantitative estimate of drug-likeness (QED) is 0.301. The summed E-state index contributed by atoms with van der Waals surface area (Å²) in [5.41, 5.74) is 0. The van der Waals surface area contributed by atoms with Crippen molar-refractivity contribution in [3.8, 4) is 12.3 Å². The molecule has 1 unspecified atom stereocenters. The predicted octanol–water partition coefficient (Wildman–Crippen LogP) is 2.09. The molecule has 6 heteroatoms. The Kier molecular flexibility index (Phi) is 9.80. The van der Waals surface area contributed by atoms with Gasteiger partial charge in [0.15, 0.2) is 5.96 Å². The van der Waals surface area contributed by atoms with Gasteiger partial charge in [0.05, 0.1) is 19.4 Å². The molecule has 1 aromatic heterocycles. The standard InChI is InChI=1S/C17H26N4O.HI/c1-3-10-18-17(19-11-9-16-8-6-13-22-16)20-14-15-7-5-12-21(15)4-2;/h1,6,8,13,15H,4-5,7,9-12,14H2,2H3,(H2,18,19,20);1H. The SMILES string of the molecule is C#CCNC(=NCC1CCCN1CC)NCCc1ccco1.I. The number of halogens is 1. The average Bonchev–Trinajstić information content (AvgIpc) is 3.20. The van der Waals surface area contributed by atoms with Gasteiger partial charge in [0, 0.05) is 19.0 Å².